The summed E-state index contributed by atoms with van der Waals surface area (Å²) >= 11 is 0. The largest absolute Gasteiger partial charge is 0.348 e. The molecular formula is C16H16FNO. The van der Waals surface area contributed by atoms with E-state index in [0.717, 1.165) is 6.42 Å². The van der Waals surface area contributed by atoms with E-state index in [1.807, 2.05) is 12.1 Å². The van der Waals surface area contributed by atoms with E-state index in [4.69, 9.17) is 0 Å². The summed E-state index contributed by atoms with van der Waals surface area (Å²) < 4.78 is 13.4. The predicted molar refractivity (Wildman–Crippen MR) is 73.4 cm³/mol. The second kappa shape index (κ2) is 6.14. The fourth-order valence-corrected chi connectivity index (χ4v) is 1.81. The molecule has 0 radical (unpaired) electrons. The van der Waals surface area contributed by atoms with Crippen LogP contribution in [0, 0.1) is 5.82 Å². The van der Waals surface area contributed by atoms with E-state index in [9.17, 15) is 9.18 Å². The van der Waals surface area contributed by atoms with E-state index in [2.05, 4.69) is 12.2 Å². The maximum Gasteiger partial charge on any atom is 0.251 e. The molecule has 2 nitrogen and oxygen atoms in total. The number of nitrogens with one attached hydrogen (secondary N) is 1. The van der Waals surface area contributed by atoms with E-state index in [-0.39, 0.29) is 18.3 Å². The third-order valence-electron chi connectivity index (χ3n) is 3.02. The number of carbonyl (C=O) groups is 1. The lowest BCUT2D eigenvalue weighted by Gasteiger charge is -2.06. The Bertz CT molecular complexity index is 563. The third kappa shape index (κ3) is 3.41. The van der Waals surface area contributed by atoms with Crippen LogP contribution in [0.4, 0.5) is 4.39 Å². The SMILES string of the molecule is CCc1ccc(C(=O)NCc2ccccc2F)cc1. The molecule has 2 rings (SSSR count). The Hall–Kier alpha value is -2.16. The lowest BCUT2D eigenvalue weighted by molar-refractivity contribution is 0.0950. The molecule has 0 aliphatic rings. The fraction of sp³-hybridized carbons (Fsp3) is 0.188. The lowest BCUT2D eigenvalue weighted by Crippen LogP contribution is -2.23. The first kappa shape index (κ1) is 13.3. The number of hydrogen-bond donors (Lipinski definition) is 1. The van der Waals surface area contributed by atoms with Crippen molar-refractivity contribution in [1.29, 1.82) is 0 Å². The Balaban J connectivity index is 1.99. The van der Waals surface area contributed by atoms with Crippen molar-refractivity contribution < 1.29 is 9.18 Å². The summed E-state index contributed by atoms with van der Waals surface area (Å²) in [5.41, 5.74) is 2.26. The smallest absolute Gasteiger partial charge is 0.251 e. The van der Waals surface area contributed by atoms with Gasteiger partial charge in [0.15, 0.2) is 0 Å². The van der Waals surface area contributed by atoms with Gasteiger partial charge in [0, 0.05) is 17.7 Å². The average molecular weight is 257 g/mol. The van der Waals surface area contributed by atoms with Gasteiger partial charge in [-0.25, -0.2) is 4.39 Å². The van der Waals surface area contributed by atoms with Crippen molar-refractivity contribution in [3.05, 3.63) is 71.0 Å². The van der Waals surface area contributed by atoms with E-state index in [0.29, 0.717) is 11.1 Å². The molecule has 0 aliphatic carbocycles. The van der Waals surface area contributed by atoms with Crippen LogP contribution < -0.4 is 5.32 Å². The monoisotopic (exact) mass is 257 g/mol. The van der Waals surface area contributed by atoms with E-state index in [1.54, 1.807) is 30.3 Å². The van der Waals surface area contributed by atoms with Crippen LogP contribution in [0.3, 0.4) is 0 Å². The highest BCUT2D eigenvalue weighted by atomic mass is 19.1. The van der Waals surface area contributed by atoms with Gasteiger partial charge in [0.05, 0.1) is 0 Å². The minimum atomic E-state index is -0.302. The summed E-state index contributed by atoms with van der Waals surface area (Å²) in [6.45, 7) is 2.26. The zero-order chi connectivity index (χ0) is 13.7. The number of halogens is 1. The van der Waals surface area contributed by atoms with Gasteiger partial charge in [0.25, 0.3) is 5.91 Å². The summed E-state index contributed by atoms with van der Waals surface area (Å²) in [5, 5.41) is 2.71. The first-order chi connectivity index (χ1) is 9.20. The minimum absolute atomic E-state index is 0.189. The molecule has 0 heterocycles. The average Bonchev–Trinajstić information content (AvgIpc) is 2.46. The predicted octanol–water partition coefficient (Wildman–Crippen LogP) is 3.32. The van der Waals surface area contributed by atoms with Crippen LogP contribution in [0.5, 0.6) is 0 Å². The van der Waals surface area contributed by atoms with Gasteiger partial charge in [-0.3, -0.25) is 4.79 Å². The highest BCUT2D eigenvalue weighted by Gasteiger charge is 2.06. The third-order valence-corrected chi connectivity index (χ3v) is 3.02. The van der Waals surface area contributed by atoms with Crippen LogP contribution in [0.25, 0.3) is 0 Å². The van der Waals surface area contributed by atoms with Crippen LogP contribution in [-0.2, 0) is 13.0 Å². The van der Waals surface area contributed by atoms with Crippen molar-refractivity contribution in [1.82, 2.24) is 5.32 Å². The van der Waals surface area contributed by atoms with Crippen molar-refractivity contribution in [3.8, 4) is 0 Å². The zero-order valence-electron chi connectivity index (χ0n) is 10.8. The number of amides is 1. The molecule has 1 amide bonds. The molecule has 0 aliphatic heterocycles. The van der Waals surface area contributed by atoms with Gasteiger partial charge >= 0.3 is 0 Å². The van der Waals surface area contributed by atoms with E-state index < -0.39 is 0 Å². The fourth-order valence-electron chi connectivity index (χ4n) is 1.81. The molecule has 0 atom stereocenters. The van der Waals surface area contributed by atoms with Crippen LogP contribution in [-0.4, -0.2) is 5.91 Å². The Morgan fingerprint density at radius 3 is 2.42 bits per heavy atom. The maximum absolute atomic E-state index is 13.4. The van der Waals surface area contributed by atoms with Crippen molar-refractivity contribution in [2.45, 2.75) is 19.9 Å². The molecule has 98 valence electrons. The number of hydrogen-bond acceptors (Lipinski definition) is 1. The minimum Gasteiger partial charge on any atom is -0.348 e. The second-order valence-corrected chi connectivity index (χ2v) is 4.32. The van der Waals surface area contributed by atoms with Gasteiger partial charge in [0.2, 0.25) is 0 Å². The van der Waals surface area contributed by atoms with E-state index >= 15 is 0 Å². The Morgan fingerprint density at radius 2 is 1.79 bits per heavy atom. The summed E-state index contributed by atoms with van der Waals surface area (Å²) in [7, 11) is 0. The Kier molecular flexibility index (Phi) is 4.29. The molecule has 3 heteroatoms. The van der Waals surface area contributed by atoms with Crippen molar-refractivity contribution >= 4 is 5.91 Å². The van der Waals surface area contributed by atoms with Gasteiger partial charge in [-0.15, -0.1) is 0 Å². The van der Waals surface area contributed by atoms with Gasteiger partial charge in [-0.2, -0.15) is 0 Å². The second-order valence-electron chi connectivity index (χ2n) is 4.32. The summed E-state index contributed by atoms with van der Waals surface area (Å²) in [4.78, 5) is 11.9. The van der Waals surface area contributed by atoms with Crippen molar-refractivity contribution in [2.75, 3.05) is 0 Å². The lowest BCUT2D eigenvalue weighted by atomic mass is 10.1. The first-order valence-corrected chi connectivity index (χ1v) is 6.31. The molecule has 0 saturated heterocycles. The molecule has 1 N–H and O–H groups in total. The standard InChI is InChI=1S/C16H16FNO/c1-2-12-7-9-13(10-8-12)16(19)18-11-14-5-3-4-6-15(14)17/h3-10H,2,11H2,1H3,(H,18,19). The molecule has 0 bridgehead atoms. The number of rotatable bonds is 4. The maximum atomic E-state index is 13.4. The molecule has 0 fully saturated rings. The normalized spacial score (nSPS) is 10.2. The Morgan fingerprint density at radius 1 is 1.11 bits per heavy atom. The van der Waals surface area contributed by atoms with Crippen LogP contribution in [0.2, 0.25) is 0 Å². The zero-order valence-corrected chi connectivity index (χ0v) is 10.8. The van der Waals surface area contributed by atoms with Gasteiger partial charge < -0.3 is 5.32 Å². The van der Waals surface area contributed by atoms with Crippen molar-refractivity contribution in [2.24, 2.45) is 0 Å². The molecule has 2 aromatic rings. The van der Waals surface area contributed by atoms with Crippen LogP contribution in [0.1, 0.15) is 28.4 Å². The highest BCUT2D eigenvalue weighted by Crippen LogP contribution is 2.08. The topological polar surface area (TPSA) is 29.1 Å². The number of carbonyl (C=O) groups excluding carboxylic acids is 1. The molecule has 2 aromatic carbocycles. The Labute approximate surface area is 112 Å². The molecule has 0 aromatic heterocycles. The molecule has 0 spiro atoms. The first-order valence-electron chi connectivity index (χ1n) is 6.31. The summed E-state index contributed by atoms with van der Waals surface area (Å²) in [5.74, 6) is -0.491. The summed E-state index contributed by atoms with van der Waals surface area (Å²) in [6, 6.07) is 13.9. The number of aryl methyl sites for hydroxylation is 1. The number of benzene rings is 2. The van der Waals surface area contributed by atoms with Crippen LogP contribution in [0.15, 0.2) is 48.5 Å². The highest BCUT2D eigenvalue weighted by molar-refractivity contribution is 5.94. The van der Waals surface area contributed by atoms with Gasteiger partial charge in [-0.1, -0.05) is 37.3 Å². The van der Waals surface area contributed by atoms with E-state index in [1.165, 1.54) is 11.6 Å². The molecule has 0 saturated carbocycles. The summed E-state index contributed by atoms with van der Waals surface area (Å²) in [6.07, 6.45) is 0.942. The van der Waals surface area contributed by atoms with Crippen LogP contribution >= 0.6 is 0 Å². The van der Waals surface area contributed by atoms with Gasteiger partial charge in [-0.05, 0) is 30.2 Å². The molecule has 0 unspecified atom stereocenters. The van der Waals surface area contributed by atoms with Crippen molar-refractivity contribution in [3.63, 3.8) is 0 Å². The quantitative estimate of drug-likeness (QED) is 0.894. The van der Waals surface area contributed by atoms with Gasteiger partial charge in [0.1, 0.15) is 5.82 Å². The molecular weight excluding hydrogens is 241 g/mol. The molecule has 19 heavy (non-hydrogen) atoms.